The minimum Gasteiger partial charge on any atom is -0.466 e. The fourth-order valence-electron chi connectivity index (χ4n) is 11.4. The summed E-state index contributed by atoms with van der Waals surface area (Å²) in [5.74, 6) is -3.96. The fraction of sp³-hybridized carbons (Fsp3) is 0.800. The van der Waals surface area contributed by atoms with E-state index in [1.165, 1.54) is 48.5 Å². The van der Waals surface area contributed by atoms with Gasteiger partial charge in [0.1, 0.15) is 23.9 Å². The van der Waals surface area contributed by atoms with E-state index < -0.39 is 93.2 Å². The Morgan fingerprint density at radius 2 is 1.35 bits per heavy atom. The maximum absolute atomic E-state index is 13.4. The summed E-state index contributed by atoms with van der Waals surface area (Å²) in [5, 5.41) is 10.6. The number of rotatable bonds is 11. The summed E-state index contributed by atoms with van der Waals surface area (Å²) in [6.07, 6.45) is 1.99. The van der Waals surface area contributed by atoms with Gasteiger partial charge in [-0.1, -0.05) is 46.3 Å². The van der Waals surface area contributed by atoms with Crippen LogP contribution in [-0.4, -0.2) is 77.4 Å². The van der Waals surface area contributed by atoms with Crippen LogP contribution >= 0.6 is 0 Å². The Hall–Kier alpha value is -3.28. The largest absolute Gasteiger partial charge is 0.466 e. The van der Waals surface area contributed by atoms with Crippen molar-refractivity contribution in [1.82, 2.24) is 0 Å². The van der Waals surface area contributed by atoms with E-state index in [1.54, 1.807) is 0 Å². The number of Topliss-reactive ketones (excluding diaryl/α,β-unsaturated/α-hetero) is 1. The maximum Gasteiger partial charge on any atom is 0.303 e. The lowest BCUT2D eigenvalue weighted by molar-refractivity contribution is -0.262. The van der Waals surface area contributed by atoms with E-state index in [-0.39, 0.29) is 30.8 Å². The molecule has 1 N–H and O–H groups in total. The van der Waals surface area contributed by atoms with Gasteiger partial charge in [0.05, 0.1) is 6.61 Å². The van der Waals surface area contributed by atoms with Gasteiger partial charge in [0.15, 0.2) is 6.10 Å². The number of aliphatic hydroxyl groups is 1. The molecule has 12 nitrogen and oxygen atoms in total. The average Bonchev–Trinajstić information content (AvgIpc) is 3.34. The smallest absolute Gasteiger partial charge is 0.303 e. The molecular formula is C40H60O12. The molecule has 4 aliphatic carbocycles. The minimum absolute atomic E-state index is 0.0266. The van der Waals surface area contributed by atoms with Crippen LogP contribution in [0, 0.1) is 45.3 Å². The second-order valence-corrected chi connectivity index (χ2v) is 17.6. The summed E-state index contributed by atoms with van der Waals surface area (Å²) in [6.45, 7) is 20.0. The van der Waals surface area contributed by atoms with Crippen LogP contribution in [-0.2, 0) is 52.5 Å². The van der Waals surface area contributed by atoms with Crippen molar-refractivity contribution >= 4 is 35.6 Å². The van der Waals surface area contributed by atoms with Crippen LogP contribution < -0.4 is 0 Å². The molecule has 0 aromatic rings. The lowest BCUT2D eigenvalue weighted by atomic mass is 9.36. The van der Waals surface area contributed by atoms with Crippen molar-refractivity contribution in [2.75, 3.05) is 6.61 Å². The molecule has 0 spiro atoms. The van der Waals surface area contributed by atoms with Gasteiger partial charge < -0.3 is 28.8 Å². The van der Waals surface area contributed by atoms with Gasteiger partial charge in [-0.3, -0.25) is 28.8 Å². The van der Waals surface area contributed by atoms with Crippen LogP contribution in [0.4, 0.5) is 0 Å². The molecule has 0 aliphatic heterocycles. The lowest BCUT2D eigenvalue weighted by Gasteiger charge is -2.70. The van der Waals surface area contributed by atoms with Gasteiger partial charge in [0, 0.05) is 63.2 Å². The van der Waals surface area contributed by atoms with Crippen molar-refractivity contribution in [1.29, 1.82) is 0 Å². The molecule has 0 aromatic carbocycles. The average molecular weight is 733 g/mol. The van der Waals surface area contributed by atoms with Crippen LogP contribution in [0.5, 0.6) is 0 Å². The number of fused-ring (bicyclic) bond motifs is 5. The van der Waals surface area contributed by atoms with Gasteiger partial charge in [0.2, 0.25) is 5.78 Å². The molecule has 11 atom stereocenters. The van der Waals surface area contributed by atoms with E-state index in [2.05, 4.69) is 40.7 Å². The third kappa shape index (κ3) is 7.42. The van der Waals surface area contributed by atoms with E-state index in [0.29, 0.717) is 32.1 Å². The third-order valence-electron chi connectivity index (χ3n) is 13.5. The Morgan fingerprint density at radius 1 is 0.788 bits per heavy atom. The number of carbonyl (C=O) groups is 6. The summed E-state index contributed by atoms with van der Waals surface area (Å²) in [7, 11) is 0. The molecule has 4 rings (SSSR count). The Balaban J connectivity index is 1.83. The van der Waals surface area contributed by atoms with Gasteiger partial charge in [-0.2, -0.15) is 0 Å². The van der Waals surface area contributed by atoms with E-state index in [4.69, 9.17) is 23.7 Å². The Bertz CT molecular complexity index is 1490. The highest BCUT2D eigenvalue weighted by atomic mass is 16.6. The summed E-state index contributed by atoms with van der Waals surface area (Å²) in [6, 6.07) is 0. The molecule has 4 aliphatic rings. The number of carbonyl (C=O) groups excluding carboxylic acids is 6. The SMILES string of the molecule is CC(=O)OC[C@@H](C[C@@H](OC(C)=O)C(=O)C(C)(C)O)[C@@H]1CC=C2[C@]3(C)[C@H](OC(C)=O)CC4C(C)(C)[C@H](OC(C)=O)C[C@H](OC(C)=O)[C@]4(C)[C@H]3CC[C@]21C. The van der Waals surface area contributed by atoms with Gasteiger partial charge in [-0.25, -0.2) is 0 Å². The van der Waals surface area contributed by atoms with Gasteiger partial charge in [-0.15, -0.1) is 0 Å². The first-order valence-electron chi connectivity index (χ1n) is 18.6. The summed E-state index contributed by atoms with van der Waals surface area (Å²) < 4.78 is 29.4. The Kier molecular flexibility index (Phi) is 11.6. The fourth-order valence-corrected chi connectivity index (χ4v) is 11.4. The van der Waals surface area contributed by atoms with Crippen LogP contribution in [0.25, 0.3) is 0 Å². The second kappa shape index (κ2) is 14.5. The van der Waals surface area contributed by atoms with Crippen molar-refractivity contribution in [2.45, 2.75) is 152 Å². The summed E-state index contributed by atoms with van der Waals surface area (Å²) in [5.41, 5.74) is -3.07. The predicted molar refractivity (Wildman–Crippen MR) is 188 cm³/mol. The molecule has 0 radical (unpaired) electrons. The van der Waals surface area contributed by atoms with Crippen molar-refractivity contribution in [2.24, 2.45) is 45.3 Å². The minimum atomic E-state index is -1.77. The molecule has 3 fully saturated rings. The zero-order chi connectivity index (χ0) is 39.4. The van der Waals surface area contributed by atoms with Crippen LogP contribution in [0.15, 0.2) is 11.6 Å². The Labute approximate surface area is 308 Å². The van der Waals surface area contributed by atoms with Gasteiger partial charge in [0.25, 0.3) is 0 Å². The predicted octanol–water partition coefficient (Wildman–Crippen LogP) is 5.45. The Morgan fingerprint density at radius 3 is 1.87 bits per heavy atom. The van der Waals surface area contributed by atoms with E-state index >= 15 is 0 Å². The summed E-state index contributed by atoms with van der Waals surface area (Å²) in [4.78, 5) is 75.6. The number of ether oxygens (including phenoxy) is 5. The molecule has 0 saturated heterocycles. The molecular weight excluding hydrogens is 672 g/mol. The maximum atomic E-state index is 13.4. The van der Waals surface area contributed by atoms with Crippen molar-refractivity contribution in [3.05, 3.63) is 11.6 Å². The number of hydrogen-bond donors (Lipinski definition) is 1. The molecule has 0 heterocycles. The van der Waals surface area contributed by atoms with E-state index in [1.807, 2.05) is 0 Å². The third-order valence-corrected chi connectivity index (χ3v) is 13.5. The first-order valence-corrected chi connectivity index (χ1v) is 18.6. The lowest BCUT2D eigenvalue weighted by Crippen LogP contribution is -2.70. The highest BCUT2D eigenvalue weighted by molar-refractivity contribution is 5.91. The highest BCUT2D eigenvalue weighted by Gasteiger charge is 2.72. The number of allylic oxidation sites excluding steroid dienone is 1. The van der Waals surface area contributed by atoms with Crippen molar-refractivity contribution in [3.63, 3.8) is 0 Å². The highest BCUT2D eigenvalue weighted by Crippen LogP contribution is 2.74. The monoisotopic (exact) mass is 732 g/mol. The molecule has 3 saturated carbocycles. The quantitative estimate of drug-likeness (QED) is 0.162. The van der Waals surface area contributed by atoms with Crippen LogP contribution in [0.2, 0.25) is 0 Å². The molecule has 0 aromatic heterocycles. The van der Waals surface area contributed by atoms with Crippen LogP contribution in [0.1, 0.15) is 122 Å². The zero-order valence-corrected chi connectivity index (χ0v) is 33.1. The molecule has 12 heteroatoms. The first-order chi connectivity index (χ1) is 23.8. The molecule has 292 valence electrons. The number of esters is 5. The topological polar surface area (TPSA) is 169 Å². The van der Waals surface area contributed by atoms with Gasteiger partial charge >= 0.3 is 29.8 Å². The van der Waals surface area contributed by atoms with Crippen molar-refractivity contribution < 1.29 is 57.6 Å². The van der Waals surface area contributed by atoms with Crippen molar-refractivity contribution in [3.8, 4) is 0 Å². The molecule has 1 unspecified atom stereocenters. The molecule has 0 bridgehead atoms. The second-order valence-electron chi connectivity index (χ2n) is 17.6. The van der Waals surface area contributed by atoms with Gasteiger partial charge in [-0.05, 0) is 69.1 Å². The van der Waals surface area contributed by atoms with E-state index in [0.717, 1.165) is 5.57 Å². The first kappa shape index (κ1) is 41.5. The summed E-state index contributed by atoms with van der Waals surface area (Å²) >= 11 is 0. The molecule has 0 amide bonds. The molecule has 52 heavy (non-hydrogen) atoms. The zero-order valence-electron chi connectivity index (χ0n) is 33.1. The van der Waals surface area contributed by atoms with E-state index in [9.17, 15) is 33.9 Å². The number of hydrogen-bond acceptors (Lipinski definition) is 12. The normalized spacial score (nSPS) is 36.0. The van der Waals surface area contributed by atoms with Crippen LogP contribution in [0.3, 0.4) is 0 Å². The standard InChI is InChI=1S/C40H60O12/c1-21(41)48-20-26(17-28(49-22(2)42)35(46)37(8,9)47)27-13-14-29-38(27,10)16-15-30-39(29,11)33(51-24(4)44)18-31-36(6,7)32(50-23(3)43)19-34(40(30,31)12)52-25(5)45/h14,26-28,30-34,47H,13,15-20H2,1-12H3/t26-,27+,28-,30+,31?,32-,33-,34+,38+,39+,40-/m1/s1. The number of ketones is 1.